The molecule has 0 spiro atoms. The van der Waals surface area contributed by atoms with Crippen LogP contribution in [0.2, 0.25) is 0 Å². The number of para-hydroxylation sites is 5. The second-order valence-electron chi connectivity index (χ2n) is 14.2. The van der Waals surface area contributed by atoms with Crippen LogP contribution in [0.25, 0.3) is 72.5 Å². The van der Waals surface area contributed by atoms with Gasteiger partial charge >= 0.3 is 0 Å². The highest BCUT2D eigenvalue weighted by atomic mass is 16.5. The molecular weight excluding hydrogens is 697 g/mol. The molecule has 0 bridgehead atoms. The van der Waals surface area contributed by atoms with E-state index in [0.29, 0.717) is 5.82 Å². The maximum Gasteiger partial charge on any atom is 0.160 e. The summed E-state index contributed by atoms with van der Waals surface area (Å²) in [6.07, 6.45) is 0. The normalized spacial score (nSPS) is 12.0. The first-order valence-corrected chi connectivity index (χ1v) is 19.2. The maximum atomic E-state index is 6.27. The minimum atomic E-state index is 0.697. The summed E-state index contributed by atoms with van der Waals surface area (Å²) in [6.45, 7) is 0. The highest BCUT2D eigenvalue weighted by Gasteiger charge is 2.25. The van der Waals surface area contributed by atoms with E-state index >= 15 is 0 Å². The fourth-order valence-corrected chi connectivity index (χ4v) is 8.09. The van der Waals surface area contributed by atoms with E-state index in [0.717, 1.165) is 84.5 Å². The number of fused-ring (bicyclic) bond motifs is 5. The van der Waals surface area contributed by atoms with Crippen LogP contribution in [0.3, 0.4) is 0 Å². The van der Waals surface area contributed by atoms with Gasteiger partial charge in [-0.2, -0.15) is 0 Å². The zero-order chi connectivity index (χ0) is 37.7. The monoisotopic (exact) mass is 730 g/mol. The number of nitrogens with zero attached hydrogens (tertiary/aromatic N) is 4. The van der Waals surface area contributed by atoms with E-state index in [1.165, 1.54) is 10.8 Å². The average Bonchev–Trinajstić information content (AvgIpc) is 3.62. The molecule has 0 fully saturated rings. The lowest BCUT2D eigenvalue weighted by molar-refractivity contribution is 0.477. The molecule has 1 aliphatic rings. The van der Waals surface area contributed by atoms with Crippen molar-refractivity contribution in [2.45, 2.75) is 0 Å². The van der Waals surface area contributed by atoms with E-state index in [2.05, 4.69) is 155 Å². The smallest absolute Gasteiger partial charge is 0.160 e. The van der Waals surface area contributed by atoms with Gasteiger partial charge in [-0.15, -0.1) is 0 Å². The summed E-state index contributed by atoms with van der Waals surface area (Å²) >= 11 is 0. The van der Waals surface area contributed by atoms with Gasteiger partial charge in [-0.1, -0.05) is 127 Å². The topological polar surface area (TPSA) is 43.2 Å². The fraction of sp³-hybridized carbons (Fsp3) is 0. The van der Waals surface area contributed by atoms with E-state index < -0.39 is 0 Å². The molecule has 0 radical (unpaired) electrons. The Bertz CT molecular complexity index is 3000. The van der Waals surface area contributed by atoms with Crippen molar-refractivity contribution < 1.29 is 4.74 Å². The minimum Gasteiger partial charge on any atom is -0.453 e. The summed E-state index contributed by atoms with van der Waals surface area (Å²) in [6, 6.07) is 72.0. The van der Waals surface area contributed by atoms with Crippen LogP contribution in [0.1, 0.15) is 0 Å². The molecule has 2 aromatic heterocycles. The van der Waals surface area contributed by atoms with Gasteiger partial charge in [0.05, 0.1) is 33.8 Å². The molecule has 0 saturated carbocycles. The molecule has 0 unspecified atom stereocenters. The number of anilines is 3. The lowest BCUT2D eigenvalue weighted by atomic mass is 10.00. The van der Waals surface area contributed by atoms with E-state index in [9.17, 15) is 0 Å². The largest absolute Gasteiger partial charge is 0.453 e. The van der Waals surface area contributed by atoms with Gasteiger partial charge in [0.25, 0.3) is 0 Å². The predicted molar refractivity (Wildman–Crippen MR) is 233 cm³/mol. The molecule has 1 aliphatic heterocycles. The molecule has 268 valence electrons. The van der Waals surface area contributed by atoms with Crippen molar-refractivity contribution in [1.82, 2.24) is 14.5 Å². The Hall–Kier alpha value is -7.76. The van der Waals surface area contributed by atoms with Gasteiger partial charge in [-0.05, 0) is 90.0 Å². The molecule has 5 heteroatoms. The van der Waals surface area contributed by atoms with Crippen LogP contribution >= 0.6 is 0 Å². The Morgan fingerprint density at radius 2 is 0.877 bits per heavy atom. The quantitative estimate of drug-likeness (QED) is 0.171. The summed E-state index contributed by atoms with van der Waals surface area (Å²) in [5.74, 6) is 2.38. The lowest BCUT2D eigenvalue weighted by Crippen LogP contribution is -2.15. The van der Waals surface area contributed by atoms with Crippen molar-refractivity contribution >= 4 is 38.9 Å². The fourth-order valence-electron chi connectivity index (χ4n) is 8.09. The Balaban J connectivity index is 0.987. The molecule has 0 amide bonds. The number of hydrogen-bond donors (Lipinski definition) is 0. The third-order valence-corrected chi connectivity index (χ3v) is 10.8. The Labute approximate surface area is 330 Å². The van der Waals surface area contributed by atoms with Gasteiger partial charge < -0.3 is 14.2 Å². The number of benzene rings is 8. The van der Waals surface area contributed by atoms with Crippen molar-refractivity contribution in [3.8, 4) is 62.2 Å². The molecule has 57 heavy (non-hydrogen) atoms. The van der Waals surface area contributed by atoms with Crippen LogP contribution in [0, 0.1) is 0 Å². The van der Waals surface area contributed by atoms with Crippen LogP contribution in [-0.2, 0) is 0 Å². The van der Waals surface area contributed by atoms with Crippen molar-refractivity contribution in [2.24, 2.45) is 0 Å². The summed E-state index contributed by atoms with van der Waals surface area (Å²) in [4.78, 5) is 12.5. The van der Waals surface area contributed by atoms with Crippen molar-refractivity contribution in [1.29, 1.82) is 0 Å². The van der Waals surface area contributed by atoms with Crippen LogP contribution in [-0.4, -0.2) is 14.5 Å². The average molecular weight is 731 g/mol. The molecule has 0 saturated heterocycles. The van der Waals surface area contributed by atoms with Gasteiger partial charge in [0.2, 0.25) is 0 Å². The highest BCUT2D eigenvalue weighted by Crippen LogP contribution is 2.50. The van der Waals surface area contributed by atoms with Crippen molar-refractivity contribution in [3.05, 3.63) is 206 Å². The van der Waals surface area contributed by atoms with Gasteiger partial charge in [0.1, 0.15) is 0 Å². The zero-order valence-electron chi connectivity index (χ0n) is 30.8. The molecule has 0 N–H and O–H groups in total. The molecule has 0 atom stereocenters. The first kappa shape index (κ1) is 32.7. The molecule has 11 rings (SSSR count). The number of ether oxygens (including phenoxy) is 1. The number of aromatic nitrogens is 3. The minimum absolute atomic E-state index is 0.697. The second-order valence-corrected chi connectivity index (χ2v) is 14.2. The van der Waals surface area contributed by atoms with Gasteiger partial charge in [-0.3, -0.25) is 0 Å². The molecular formula is C52H34N4O. The third-order valence-electron chi connectivity index (χ3n) is 10.8. The number of rotatable bonds is 6. The van der Waals surface area contributed by atoms with Crippen LogP contribution < -0.4 is 9.64 Å². The van der Waals surface area contributed by atoms with Crippen LogP contribution in [0.5, 0.6) is 11.5 Å². The summed E-state index contributed by atoms with van der Waals surface area (Å²) < 4.78 is 8.63. The van der Waals surface area contributed by atoms with Crippen molar-refractivity contribution in [3.63, 3.8) is 0 Å². The Kier molecular flexibility index (Phi) is 7.74. The summed E-state index contributed by atoms with van der Waals surface area (Å²) in [5.41, 5.74) is 13.6. The van der Waals surface area contributed by atoms with Gasteiger partial charge in [-0.25, -0.2) is 9.97 Å². The van der Waals surface area contributed by atoms with E-state index in [4.69, 9.17) is 14.7 Å². The van der Waals surface area contributed by atoms with E-state index in [1.54, 1.807) is 0 Å². The first-order valence-electron chi connectivity index (χ1n) is 19.2. The van der Waals surface area contributed by atoms with E-state index in [1.807, 2.05) is 60.7 Å². The van der Waals surface area contributed by atoms with Crippen LogP contribution in [0.15, 0.2) is 206 Å². The van der Waals surface area contributed by atoms with E-state index in [-0.39, 0.29) is 0 Å². The molecule has 8 aromatic carbocycles. The summed E-state index contributed by atoms with van der Waals surface area (Å²) in [7, 11) is 0. The molecule has 0 aliphatic carbocycles. The highest BCUT2D eigenvalue weighted by molar-refractivity contribution is 6.10. The van der Waals surface area contributed by atoms with Crippen molar-refractivity contribution in [2.75, 3.05) is 4.90 Å². The Morgan fingerprint density at radius 1 is 0.351 bits per heavy atom. The zero-order valence-corrected chi connectivity index (χ0v) is 30.8. The lowest BCUT2D eigenvalue weighted by Gasteiger charge is -2.32. The van der Waals surface area contributed by atoms with Gasteiger partial charge in [0, 0.05) is 38.8 Å². The maximum absolute atomic E-state index is 6.27. The molecule has 10 aromatic rings. The number of hydrogen-bond acceptors (Lipinski definition) is 4. The molecule has 3 heterocycles. The molecule has 5 nitrogen and oxygen atoms in total. The third kappa shape index (κ3) is 5.72. The summed E-state index contributed by atoms with van der Waals surface area (Å²) in [5, 5.41) is 2.40. The van der Waals surface area contributed by atoms with Crippen LogP contribution in [0.4, 0.5) is 17.1 Å². The predicted octanol–water partition coefficient (Wildman–Crippen LogP) is 13.8. The SMILES string of the molecule is c1ccc(-c2cc(-c3ccccc3)nc(-c3cccc(-c4ccc5c(c4)c4ccccc4n5-c4ccc(N5c6ccccc6Oc6ccccc65)cc4)c3)n2)cc1. The first-order chi connectivity index (χ1) is 28.2. The van der Waals surface area contributed by atoms with Gasteiger partial charge in [0.15, 0.2) is 17.3 Å². The standard InChI is InChI=1S/C52H34N4O/c1-3-14-35(15-4-1)44-34-45(36-16-5-2-6-17-36)54-52(53-44)39-19-13-18-37(32-39)38-26-31-47-43(33-38)42-20-7-8-21-46(42)55(47)40-27-29-41(30-28-40)56-48-22-9-11-24-50(48)57-51-25-12-10-23-49(51)56/h1-34H. The Morgan fingerprint density at radius 3 is 1.56 bits per heavy atom. The second kappa shape index (κ2) is 13.5.